The zero-order chi connectivity index (χ0) is 14.5. The SMILES string of the molecule is Cc1ccc(O)c(CN(Cc2ccccc2)C(C)C)n1. The van der Waals surface area contributed by atoms with E-state index in [1.807, 2.05) is 19.1 Å². The van der Waals surface area contributed by atoms with Crippen molar-refractivity contribution in [2.75, 3.05) is 0 Å². The number of aromatic nitrogens is 1. The molecule has 0 amide bonds. The van der Waals surface area contributed by atoms with Gasteiger partial charge >= 0.3 is 0 Å². The number of aromatic hydroxyl groups is 1. The van der Waals surface area contributed by atoms with E-state index in [1.165, 1.54) is 5.56 Å². The highest BCUT2D eigenvalue weighted by atomic mass is 16.3. The molecular formula is C17H22N2O. The minimum absolute atomic E-state index is 0.273. The van der Waals surface area contributed by atoms with E-state index in [0.29, 0.717) is 12.6 Å². The summed E-state index contributed by atoms with van der Waals surface area (Å²) in [6.45, 7) is 7.78. The van der Waals surface area contributed by atoms with Crippen LogP contribution in [0.2, 0.25) is 0 Å². The predicted molar refractivity (Wildman–Crippen MR) is 81.5 cm³/mol. The molecule has 3 heteroatoms. The van der Waals surface area contributed by atoms with Gasteiger partial charge in [-0.25, -0.2) is 0 Å². The lowest BCUT2D eigenvalue weighted by atomic mass is 10.1. The van der Waals surface area contributed by atoms with Crippen LogP contribution in [0.25, 0.3) is 0 Å². The van der Waals surface area contributed by atoms with Crippen LogP contribution in [0, 0.1) is 6.92 Å². The zero-order valence-electron chi connectivity index (χ0n) is 12.4. The Hall–Kier alpha value is -1.87. The van der Waals surface area contributed by atoms with E-state index in [-0.39, 0.29) is 5.75 Å². The van der Waals surface area contributed by atoms with Gasteiger partial charge in [-0.3, -0.25) is 9.88 Å². The van der Waals surface area contributed by atoms with Crippen LogP contribution >= 0.6 is 0 Å². The molecule has 0 aliphatic carbocycles. The molecule has 0 radical (unpaired) electrons. The highest BCUT2D eigenvalue weighted by Gasteiger charge is 2.14. The average molecular weight is 270 g/mol. The number of rotatable bonds is 5. The highest BCUT2D eigenvalue weighted by Crippen LogP contribution is 2.19. The van der Waals surface area contributed by atoms with E-state index in [9.17, 15) is 5.11 Å². The molecule has 0 spiro atoms. The van der Waals surface area contributed by atoms with Crippen molar-refractivity contribution < 1.29 is 5.11 Å². The average Bonchev–Trinajstić information content (AvgIpc) is 2.43. The lowest BCUT2D eigenvalue weighted by Crippen LogP contribution is -2.30. The molecular weight excluding hydrogens is 248 g/mol. The number of hydrogen-bond acceptors (Lipinski definition) is 3. The third kappa shape index (κ3) is 3.81. The van der Waals surface area contributed by atoms with Crippen LogP contribution in [0.3, 0.4) is 0 Å². The van der Waals surface area contributed by atoms with Gasteiger partial charge in [-0.05, 0) is 38.5 Å². The summed E-state index contributed by atoms with van der Waals surface area (Å²) < 4.78 is 0. The van der Waals surface area contributed by atoms with Gasteiger partial charge in [0.2, 0.25) is 0 Å². The molecule has 3 nitrogen and oxygen atoms in total. The fraction of sp³-hybridized carbons (Fsp3) is 0.353. The summed E-state index contributed by atoms with van der Waals surface area (Å²) >= 11 is 0. The highest BCUT2D eigenvalue weighted by molar-refractivity contribution is 5.27. The van der Waals surface area contributed by atoms with E-state index in [2.05, 4.69) is 48.0 Å². The quantitative estimate of drug-likeness (QED) is 0.903. The minimum Gasteiger partial charge on any atom is -0.506 e. The molecule has 0 atom stereocenters. The smallest absolute Gasteiger partial charge is 0.138 e. The number of aryl methyl sites for hydroxylation is 1. The first-order valence-electron chi connectivity index (χ1n) is 6.99. The van der Waals surface area contributed by atoms with Crippen molar-refractivity contribution in [3.05, 3.63) is 59.4 Å². The number of benzene rings is 1. The van der Waals surface area contributed by atoms with Crippen LogP contribution in [-0.2, 0) is 13.1 Å². The van der Waals surface area contributed by atoms with Gasteiger partial charge in [0.05, 0.1) is 5.69 Å². The van der Waals surface area contributed by atoms with Crippen molar-refractivity contribution in [1.82, 2.24) is 9.88 Å². The number of nitrogens with zero attached hydrogens (tertiary/aromatic N) is 2. The normalized spacial score (nSPS) is 11.2. The summed E-state index contributed by atoms with van der Waals surface area (Å²) in [5, 5.41) is 9.94. The molecule has 106 valence electrons. The van der Waals surface area contributed by atoms with E-state index >= 15 is 0 Å². The molecule has 2 rings (SSSR count). The number of pyridine rings is 1. The van der Waals surface area contributed by atoms with Crippen molar-refractivity contribution in [2.45, 2.75) is 39.9 Å². The Morgan fingerprint density at radius 1 is 1.05 bits per heavy atom. The van der Waals surface area contributed by atoms with Crippen LogP contribution in [-0.4, -0.2) is 21.0 Å². The van der Waals surface area contributed by atoms with Gasteiger partial charge in [-0.15, -0.1) is 0 Å². The molecule has 1 aromatic carbocycles. The Labute approximate surface area is 120 Å². The predicted octanol–water partition coefficient (Wildman–Crippen LogP) is 3.51. The maximum Gasteiger partial charge on any atom is 0.138 e. The van der Waals surface area contributed by atoms with Crippen molar-refractivity contribution in [2.24, 2.45) is 0 Å². The summed E-state index contributed by atoms with van der Waals surface area (Å²) in [6.07, 6.45) is 0. The molecule has 0 aliphatic rings. The second kappa shape index (κ2) is 6.53. The molecule has 2 aromatic rings. The topological polar surface area (TPSA) is 36.4 Å². The molecule has 0 saturated carbocycles. The van der Waals surface area contributed by atoms with Gasteiger partial charge in [0.1, 0.15) is 5.75 Å². The first-order valence-corrected chi connectivity index (χ1v) is 6.99. The standard InChI is InChI=1S/C17H22N2O/c1-13(2)19(11-15-7-5-4-6-8-15)12-16-17(20)10-9-14(3)18-16/h4-10,13,20H,11-12H2,1-3H3. The molecule has 0 fully saturated rings. The van der Waals surface area contributed by atoms with Gasteiger partial charge in [-0.1, -0.05) is 30.3 Å². The molecule has 20 heavy (non-hydrogen) atoms. The third-order valence-electron chi connectivity index (χ3n) is 3.40. The van der Waals surface area contributed by atoms with Gasteiger partial charge in [0.25, 0.3) is 0 Å². The van der Waals surface area contributed by atoms with Gasteiger partial charge in [0, 0.05) is 24.8 Å². The van der Waals surface area contributed by atoms with E-state index in [4.69, 9.17) is 0 Å². The Kier molecular flexibility index (Phi) is 4.74. The van der Waals surface area contributed by atoms with Crippen LogP contribution < -0.4 is 0 Å². The Balaban J connectivity index is 2.15. The van der Waals surface area contributed by atoms with Crippen LogP contribution in [0.1, 0.15) is 30.8 Å². The number of hydrogen-bond donors (Lipinski definition) is 1. The third-order valence-corrected chi connectivity index (χ3v) is 3.40. The van der Waals surface area contributed by atoms with Crippen LogP contribution in [0.15, 0.2) is 42.5 Å². The van der Waals surface area contributed by atoms with Gasteiger partial charge in [-0.2, -0.15) is 0 Å². The molecule has 0 unspecified atom stereocenters. The maximum absolute atomic E-state index is 9.94. The van der Waals surface area contributed by atoms with Crippen LogP contribution in [0.4, 0.5) is 0 Å². The molecule has 0 saturated heterocycles. The lowest BCUT2D eigenvalue weighted by molar-refractivity contribution is 0.198. The van der Waals surface area contributed by atoms with E-state index < -0.39 is 0 Å². The fourth-order valence-electron chi connectivity index (χ4n) is 2.15. The van der Waals surface area contributed by atoms with E-state index in [0.717, 1.165) is 17.9 Å². The summed E-state index contributed by atoms with van der Waals surface area (Å²) in [4.78, 5) is 6.75. The second-order valence-corrected chi connectivity index (χ2v) is 5.40. The fourth-order valence-corrected chi connectivity index (χ4v) is 2.15. The second-order valence-electron chi connectivity index (χ2n) is 5.40. The summed E-state index contributed by atoms with van der Waals surface area (Å²) in [6, 6.07) is 14.3. The summed E-state index contributed by atoms with van der Waals surface area (Å²) in [7, 11) is 0. The largest absolute Gasteiger partial charge is 0.506 e. The molecule has 1 N–H and O–H groups in total. The van der Waals surface area contributed by atoms with Gasteiger partial charge in [0.15, 0.2) is 0 Å². The minimum atomic E-state index is 0.273. The van der Waals surface area contributed by atoms with Crippen molar-refractivity contribution >= 4 is 0 Å². The monoisotopic (exact) mass is 270 g/mol. The molecule has 1 heterocycles. The van der Waals surface area contributed by atoms with Crippen molar-refractivity contribution in [3.8, 4) is 5.75 Å². The van der Waals surface area contributed by atoms with Gasteiger partial charge < -0.3 is 5.11 Å². The Morgan fingerprint density at radius 2 is 1.75 bits per heavy atom. The lowest BCUT2D eigenvalue weighted by Gasteiger charge is -2.26. The van der Waals surface area contributed by atoms with Crippen molar-refractivity contribution in [3.63, 3.8) is 0 Å². The van der Waals surface area contributed by atoms with Crippen molar-refractivity contribution in [1.29, 1.82) is 0 Å². The Morgan fingerprint density at radius 3 is 2.40 bits per heavy atom. The first kappa shape index (κ1) is 14.5. The Bertz CT molecular complexity index is 552. The van der Waals surface area contributed by atoms with E-state index in [1.54, 1.807) is 6.07 Å². The van der Waals surface area contributed by atoms with Crippen LogP contribution in [0.5, 0.6) is 5.75 Å². The summed E-state index contributed by atoms with van der Waals surface area (Å²) in [5.41, 5.74) is 2.95. The molecule has 1 aromatic heterocycles. The maximum atomic E-state index is 9.94. The molecule has 0 bridgehead atoms. The first-order chi connectivity index (χ1) is 9.56. The molecule has 0 aliphatic heterocycles. The summed E-state index contributed by atoms with van der Waals surface area (Å²) in [5.74, 6) is 0.273. The zero-order valence-corrected chi connectivity index (χ0v) is 12.4.